The van der Waals surface area contributed by atoms with Gasteiger partial charge in [0.2, 0.25) is 0 Å². The minimum Gasteiger partial charge on any atom is -0.481 e. The zero-order valence-electron chi connectivity index (χ0n) is 8.94. The van der Waals surface area contributed by atoms with Gasteiger partial charge >= 0.3 is 5.97 Å². The Balaban J connectivity index is 2.17. The highest BCUT2D eigenvalue weighted by Crippen LogP contribution is 1.98. The molecule has 0 spiro atoms. The van der Waals surface area contributed by atoms with Crippen LogP contribution in [0.2, 0.25) is 0 Å². The summed E-state index contributed by atoms with van der Waals surface area (Å²) in [5.41, 5.74) is 1.13. The van der Waals surface area contributed by atoms with Crippen molar-refractivity contribution < 1.29 is 9.90 Å². The smallest absolute Gasteiger partial charge is 0.303 e. The summed E-state index contributed by atoms with van der Waals surface area (Å²) < 4.78 is 2.06. The van der Waals surface area contributed by atoms with Crippen LogP contribution in [0.4, 0.5) is 0 Å². The first kappa shape index (κ1) is 11.7. The lowest BCUT2D eigenvalue weighted by molar-refractivity contribution is -0.137. The SMILES string of the molecule is CCn1cncc1CNCCCC(=O)O. The van der Waals surface area contributed by atoms with Gasteiger partial charge in [0.25, 0.3) is 0 Å². The van der Waals surface area contributed by atoms with E-state index in [1.165, 1.54) is 0 Å². The fourth-order valence-corrected chi connectivity index (χ4v) is 1.36. The molecule has 15 heavy (non-hydrogen) atoms. The molecule has 5 heteroatoms. The number of hydrogen-bond acceptors (Lipinski definition) is 3. The van der Waals surface area contributed by atoms with Gasteiger partial charge in [0, 0.05) is 25.7 Å². The second-order valence-electron chi connectivity index (χ2n) is 3.35. The average molecular weight is 211 g/mol. The third-order valence-corrected chi connectivity index (χ3v) is 2.19. The van der Waals surface area contributed by atoms with Crippen molar-refractivity contribution in [2.75, 3.05) is 6.54 Å². The van der Waals surface area contributed by atoms with Crippen LogP contribution in [0.5, 0.6) is 0 Å². The second kappa shape index (κ2) is 6.19. The van der Waals surface area contributed by atoms with E-state index in [2.05, 4.69) is 21.8 Å². The van der Waals surface area contributed by atoms with Crippen molar-refractivity contribution in [1.29, 1.82) is 0 Å². The lowest BCUT2D eigenvalue weighted by Gasteiger charge is -2.06. The van der Waals surface area contributed by atoms with Crippen molar-refractivity contribution in [2.45, 2.75) is 32.9 Å². The van der Waals surface area contributed by atoms with E-state index in [9.17, 15) is 4.79 Å². The summed E-state index contributed by atoms with van der Waals surface area (Å²) in [6.45, 7) is 4.44. The van der Waals surface area contributed by atoms with E-state index in [1.807, 2.05) is 6.20 Å². The van der Waals surface area contributed by atoms with Gasteiger partial charge in [-0.3, -0.25) is 4.79 Å². The fourth-order valence-electron chi connectivity index (χ4n) is 1.36. The molecule has 0 aliphatic rings. The molecule has 2 N–H and O–H groups in total. The standard InChI is InChI=1S/C10H17N3O2/c1-2-13-8-12-7-9(13)6-11-5-3-4-10(14)15/h7-8,11H,2-6H2,1H3,(H,14,15). The first-order chi connectivity index (χ1) is 7.24. The van der Waals surface area contributed by atoms with Crippen molar-refractivity contribution in [1.82, 2.24) is 14.9 Å². The summed E-state index contributed by atoms with van der Waals surface area (Å²) in [5.74, 6) is -0.740. The number of rotatable bonds is 7. The molecule has 84 valence electrons. The number of imidazole rings is 1. The van der Waals surface area contributed by atoms with E-state index in [4.69, 9.17) is 5.11 Å². The first-order valence-electron chi connectivity index (χ1n) is 5.15. The van der Waals surface area contributed by atoms with Crippen molar-refractivity contribution >= 4 is 5.97 Å². The molecule has 0 aliphatic heterocycles. The van der Waals surface area contributed by atoms with Crippen LogP contribution in [-0.2, 0) is 17.9 Å². The highest BCUT2D eigenvalue weighted by atomic mass is 16.4. The lowest BCUT2D eigenvalue weighted by atomic mass is 10.3. The molecule has 0 fully saturated rings. The van der Waals surface area contributed by atoms with Crippen LogP contribution in [0, 0.1) is 0 Å². The third kappa shape index (κ3) is 4.12. The predicted molar refractivity (Wildman–Crippen MR) is 56.5 cm³/mol. The molecule has 0 atom stereocenters. The summed E-state index contributed by atoms with van der Waals surface area (Å²) >= 11 is 0. The Morgan fingerprint density at radius 3 is 3.13 bits per heavy atom. The number of carboxylic acids is 1. The highest BCUT2D eigenvalue weighted by molar-refractivity contribution is 5.66. The van der Waals surface area contributed by atoms with E-state index in [-0.39, 0.29) is 6.42 Å². The van der Waals surface area contributed by atoms with Crippen molar-refractivity contribution in [3.8, 4) is 0 Å². The lowest BCUT2D eigenvalue weighted by Crippen LogP contribution is -2.17. The number of aliphatic carboxylic acids is 1. The van der Waals surface area contributed by atoms with Crippen LogP contribution in [0.15, 0.2) is 12.5 Å². The monoisotopic (exact) mass is 211 g/mol. The fraction of sp³-hybridized carbons (Fsp3) is 0.600. The summed E-state index contributed by atoms with van der Waals surface area (Å²) in [6.07, 6.45) is 4.51. The minimum atomic E-state index is -0.740. The number of carbonyl (C=O) groups is 1. The molecule has 0 aliphatic carbocycles. The molecule has 0 unspecified atom stereocenters. The van der Waals surface area contributed by atoms with Gasteiger partial charge in [-0.05, 0) is 19.9 Å². The molecular weight excluding hydrogens is 194 g/mol. The van der Waals surface area contributed by atoms with E-state index >= 15 is 0 Å². The summed E-state index contributed by atoms with van der Waals surface area (Å²) in [7, 11) is 0. The van der Waals surface area contributed by atoms with Crippen LogP contribution >= 0.6 is 0 Å². The van der Waals surface area contributed by atoms with Crippen molar-refractivity contribution in [2.24, 2.45) is 0 Å². The number of aryl methyl sites for hydroxylation is 1. The Bertz CT molecular complexity index is 309. The molecule has 0 saturated heterocycles. The molecule has 1 aromatic heterocycles. The number of aromatic nitrogens is 2. The largest absolute Gasteiger partial charge is 0.481 e. The summed E-state index contributed by atoms with van der Waals surface area (Å²) in [4.78, 5) is 14.3. The van der Waals surface area contributed by atoms with Crippen molar-refractivity contribution in [3.63, 3.8) is 0 Å². The Morgan fingerprint density at radius 1 is 1.67 bits per heavy atom. The highest BCUT2D eigenvalue weighted by Gasteiger charge is 2.00. The first-order valence-corrected chi connectivity index (χ1v) is 5.15. The molecule has 1 heterocycles. The average Bonchev–Trinajstić information content (AvgIpc) is 2.64. The van der Waals surface area contributed by atoms with Gasteiger partial charge in [-0.15, -0.1) is 0 Å². The van der Waals surface area contributed by atoms with Gasteiger partial charge in [-0.1, -0.05) is 0 Å². The molecular formula is C10H17N3O2. The maximum absolute atomic E-state index is 10.2. The van der Waals surface area contributed by atoms with Gasteiger partial charge in [-0.2, -0.15) is 0 Å². The van der Waals surface area contributed by atoms with Crippen molar-refractivity contribution in [3.05, 3.63) is 18.2 Å². The summed E-state index contributed by atoms with van der Waals surface area (Å²) in [5, 5.41) is 11.6. The number of carboxylic acid groups (broad SMARTS) is 1. The summed E-state index contributed by atoms with van der Waals surface area (Å²) in [6, 6.07) is 0. The number of hydrogen-bond donors (Lipinski definition) is 2. The maximum atomic E-state index is 10.2. The van der Waals surface area contributed by atoms with Crippen LogP contribution in [0.1, 0.15) is 25.5 Å². The topological polar surface area (TPSA) is 67.2 Å². The molecule has 0 saturated carbocycles. The molecule has 1 aromatic rings. The molecule has 0 aromatic carbocycles. The Morgan fingerprint density at radius 2 is 2.47 bits per heavy atom. The minimum absolute atomic E-state index is 0.222. The number of nitrogens with zero attached hydrogens (tertiary/aromatic N) is 2. The van der Waals surface area contributed by atoms with Gasteiger partial charge in [0.15, 0.2) is 0 Å². The van der Waals surface area contributed by atoms with Gasteiger partial charge < -0.3 is 15.0 Å². The van der Waals surface area contributed by atoms with E-state index < -0.39 is 5.97 Å². The Kier molecular flexibility index (Phi) is 4.83. The van der Waals surface area contributed by atoms with Gasteiger partial charge in [0.1, 0.15) is 0 Å². The van der Waals surface area contributed by atoms with E-state index in [1.54, 1.807) is 6.33 Å². The zero-order chi connectivity index (χ0) is 11.1. The number of nitrogens with one attached hydrogen (secondary N) is 1. The van der Waals surface area contributed by atoms with Crippen LogP contribution in [0.25, 0.3) is 0 Å². The maximum Gasteiger partial charge on any atom is 0.303 e. The zero-order valence-corrected chi connectivity index (χ0v) is 8.94. The predicted octanol–water partition coefficient (Wildman–Crippen LogP) is 0.857. The third-order valence-electron chi connectivity index (χ3n) is 2.19. The molecule has 5 nitrogen and oxygen atoms in total. The molecule has 0 bridgehead atoms. The van der Waals surface area contributed by atoms with Crippen LogP contribution in [-0.4, -0.2) is 27.2 Å². The Labute approximate surface area is 89.1 Å². The Hall–Kier alpha value is -1.36. The van der Waals surface area contributed by atoms with Crippen LogP contribution in [0.3, 0.4) is 0 Å². The van der Waals surface area contributed by atoms with Crippen LogP contribution < -0.4 is 5.32 Å². The molecule has 0 amide bonds. The van der Waals surface area contributed by atoms with Gasteiger partial charge in [0.05, 0.1) is 12.0 Å². The second-order valence-corrected chi connectivity index (χ2v) is 3.35. The van der Waals surface area contributed by atoms with Gasteiger partial charge in [-0.25, -0.2) is 4.98 Å². The quantitative estimate of drug-likeness (QED) is 0.656. The normalized spacial score (nSPS) is 10.5. The van der Waals surface area contributed by atoms with E-state index in [0.717, 1.165) is 25.3 Å². The van der Waals surface area contributed by atoms with E-state index in [0.29, 0.717) is 6.42 Å². The molecule has 1 rings (SSSR count). The molecule has 0 radical (unpaired) electrons.